The van der Waals surface area contributed by atoms with Crippen molar-refractivity contribution in [1.29, 1.82) is 0 Å². The molecule has 0 spiro atoms. The number of aromatic amines is 1. The molecule has 1 aromatic rings. The number of hydrogen-bond acceptors (Lipinski definition) is 1. The van der Waals surface area contributed by atoms with Gasteiger partial charge in [-0.1, -0.05) is 13.3 Å². The van der Waals surface area contributed by atoms with E-state index in [1.165, 1.54) is 18.5 Å². The van der Waals surface area contributed by atoms with Gasteiger partial charge in [-0.2, -0.15) is 0 Å². The van der Waals surface area contributed by atoms with E-state index >= 15 is 0 Å². The van der Waals surface area contributed by atoms with E-state index in [0.717, 1.165) is 6.42 Å². The maximum atomic E-state index is 3.92. The van der Waals surface area contributed by atoms with Gasteiger partial charge in [0.25, 0.3) is 0 Å². The summed E-state index contributed by atoms with van der Waals surface area (Å²) in [7, 11) is 0. The van der Waals surface area contributed by atoms with Gasteiger partial charge in [-0.15, -0.1) is 0 Å². The summed E-state index contributed by atoms with van der Waals surface area (Å²) in [5.41, 5.74) is 1.25. The molecule has 9 heavy (non-hydrogen) atoms. The predicted molar refractivity (Wildman–Crippen MR) is 39.3 cm³/mol. The Bertz CT molecular complexity index is 149. The molecule has 1 aromatic heterocycles. The van der Waals surface area contributed by atoms with Crippen LogP contribution in [-0.4, -0.2) is 9.97 Å². The second-order valence-electron chi connectivity index (χ2n) is 2.18. The summed E-state index contributed by atoms with van der Waals surface area (Å²) in [5.74, 6) is 0. The Hall–Kier alpha value is -0.790. The van der Waals surface area contributed by atoms with Crippen LogP contribution in [0.15, 0.2) is 12.5 Å². The van der Waals surface area contributed by atoms with Gasteiger partial charge < -0.3 is 4.98 Å². The highest BCUT2D eigenvalue weighted by Gasteiger charge is 1.89. The molecule has 0 saturated carbocycles. The van der Waals surface area contributed by atoms with E-state index in [4.69, 9.17) is 0 Å². The van der Waals surface area contributed by atoms with Crippen molar-refractivity contribution in [2.24, 2.45) is 0 Å². The minimum Gasteiger partial charge on any atom is -0.348 e. The molecule has 0 aliphatic heterocycles. The van der Waals surface area contributed by atoms with E-state index in [2.05, 4.69) is 16.9 Å². The molecule has 1 heterocycles. The summed E-state index contributed by atoms with van der Waals surface area (Å²) in [4.78, 5) is 6.98. The number of nitrogens with zero attached hydrogens (tertiary/aromatic N) is 1. The predicted octanol–water partition coefficient (Wildman–Crippen LogP) is 2.00. The lowest BCUT2D eigenvalue weighted by Crippen LogP contribution is -1.82. The van der Waals surface area contributed by atoms with E-state index in [1.807, 2.05) is 6.20 Å². The number of aromatic nitrogens is 2. The van der Waals surface area contributed by atoms with E-state index in [1.54, 1.807) is 6.33 Å². The normalized spacial score (nSPS) is 9.89. The zero-order chi connectivity index (χ0) is 6.53. The third-order valence-corrected chi connectivity index (χ3v) is 1.35. The Morgan fingerprint density at radius 3 is 3.22 bits per heavy atom. The van der Waals surface area contributed by atoms with E-state index in [-0.39, 0.29) is 1.43 Å². The van der Waals surface area contributed by atoms with Crippen molar-refractivity contribution in [3.8, 4) is 0 Å². The second kappa shape index (κ2) is 3.28. The van der Waals surface area contributed by atoms with Crippen LogP contribution >= 0.6 is 0 Å². The number of hydrogen-bond donors (Lipinski definition) is 1. The Morgan fingerprint density at radius 1 is 1.78 bits per heavy atom. The molecule has 52 valence electrons. The van der Waals surface area contributed by atoms with E-state index in [0.29, 0.717) is 0 Å². The molecule has 0 aromatic carbocycles. The van der Waals surface area contributed by atoms with Gasteiger partial charge in [-0.25, -0.2) is 4.98 Å². The fraction of sp³-hybridized carbons (Fsp3) is 0.571. The third-order valence-electron chi connectivity index (χ3n) is 1.35. The van der Waals surface area contributed by atoms with Gasteiger partial charge in [0.05, 0.1) is 6.33 Å². The number of imidazole rings is 1. The number of aryl methyl sites for hydroxylation is 1. The molecule has 1 N–H and O–H groups in total. The molecule has 2 heteroatoms. The lowest BCUT2D eigenvalue weighted by Gasteiger charge is -1.90. The van der Waals surface area contributed by atoms with E-state index in [9.17, 15) is 0 Å². The molecule has 0 atom stereocenters. The first-order valence-electron chi connectivity index (χ1n) is 3.40. The van der Waals surface area contributed by atoms with Gasteiger partial charge in [-0.3, -0.25) is 0 Å². The van der Waals surface area contributed by atoms with Crippen molar-refractivity contribution < 1.29 is 1.43 Å². The summed E-state index contributed by atoms with van der Waals surface area (Å²) in [6, 6.07) is 0. The molecular formula is C7H14N2. The Balaban J connectivity index is 0.000000810. The van der Waals surface area contributed by atoms with Crippen LogP contribution in [0.1, 0.15) is 26.9 Å². The Morgan fingerprint density at radius 2 is 2.67 bits per heavy atom. The summed E-state index contributed by atoms with van der Waals surface area (Å²) >= 11 is 0. The highest BCUT2D eigenvalue weighted by atomic mass is 14.9. The monoisotopic (exact) mass is 126 g/mol. The number of rotatable bonds is 3. The molecule has 0 bridgehead atoms. The van der Waals surface area contributed by atoms with Crippen LogP contribution in [0.25, 0.3) is 0 Å². The fourth-order valence-electron chi connectivity index (χ4n) is 0.789. The third kappa shape index (κ3) is 1.88. The summed E-state index contributed by atoms with van der Waals surface area (Å²) in [6.45, 7) is 2.19. The highest BCUT2D eigenvalue weighted by Crippen LogP contribution is 1.98. The van der Waals surface area contributed by atoms with Crippen LogP contribution in [-0.2, 0) is 6.42 Å². The minimum absolute atomic E-state index is 0. The van der Waals surface area contributed by atoms with Crippen LogP contribution < -0.4 is 0 Å². The van der Waals surface area contributed by atoms with Crippen molar-refractivity contribution in [3.63, 3.8) is 0 Å². The standard InChI is InChI=1S/C7H12N2.H2/c1-2-3-4-7-5-8-6-9-7;/h5-6H,2-4H2,1H3,(H,8,9);1H. The van der Waals surface area contributed by atoms with Gasteiger partial charge in [0, 0.05) is 13.3 Å². The Labute approximate surface area is 56.8 Å². The summed E-state index contributed by atoms with van der Waals surface area (Å²) < 4.78 is 0. The quantitative estimate of drug-likeness (QED) is 0.659. The average Bonchev–Trinajstić information content (AvgIpc) is 2.34. The van der Waals surface area contributed by atoms with E-state index < -0.39 is 0 Å². The van der Waals surface area contributed by atoms with Gasteiger partial charge in [0.15, 0.2) is 0 Å². The zero-order valence-corrected chi connectivity index (χ0v) is 5.72. The van der Waals surface area contributed by atoms with Crippen molar-refractivity contribution in [2.45, 2.75) is 26.2 Å². The lowest BCUT2D eigenvalue weighted by molar-refractivity contribution is 0.781. The number of H-pyrrole nitrogens is 1. The van der Waals surface area contributed by atoms with Crippen LogP contribution in [0.3, 0.4) is 0 Å². The first kappa shape index (κ1) is 6.33. The molecule has 0 radical (unpaired) electrons. The van der Waals surface area contributed by atoms with Gasteiger partial charge >= 0.3 is 0 Å². The smallest absolute Gasteiger partial charge is 0.0921 e. The number of unbranched alkanes of at least 4 members (excludes halogenated alkanes) is 1. The molecule has 0 fully saturated rings. The van der Waals surface area contributed by atoms with Crippen molar-refractivity contribution >= 4 is 0 Å². The fourth-order valence-corrected chi connectivity index (χ4v) is 0.789. The largest absolute Gasteiger partial charge is 0.348 e. The molecule has 2 nitrogen and oxygen atoms in total. The molecule has 0 unspecified atom stereocenters. The SMILES string of the molecule is CCCCc1cnc[nH]1.[HH]. The maximum Gasteiger partial charge on any atom is 0.0921 e. The minimum atomic E-state index is 0. The average molecular weight is 126 g/mol. The first-order chi connectivity index (χ1) is 4.43. The summed E-state index contributed by atoms with van der Waals surface area (Å²) in [5, 5.41) is 0. The van der Waals surface area contributed by atoms with Crippen molar-refractivity contribution in [1.82, 2.24) is 9.97 Å². The van der Waals surface area contributed by atoms with Crippen molar-refractivity contribution in [3.05, 3.63) is 18.2 Å². The maximum absolute atomic E-state index is 3.92. The molecule has 0 aliphatic carbocycles. The molecule has 1 rings (SSSR count). The first-order valence-corrected chi connectivity index (χ1v) is 3.40. The van der Waals surface area contributed by atoms with Crippen LogP contribution in [0.5, 0.6) is 0 Å². The summed E-state index contributed by atoms with van der Waals surface area (Å²) in [6.07, 6.45) is 7.25. The van der Waals surface area contributed by atoms with Crippen LogP contribution in [0.4, 0.5) is 0 Å². The molecule has 0 saturated heterocycles. The van der Waals surface area contributed by atoms with Gasteiger partial charge in [0.2, 0.25) is 0 Å². The second-order valence-corrected chi connectivity index (χ2v) is 2.18. The molecule has 0 amide bonds. The van der Waals surface area contributed by atoms with Gasteiger partial charge in [0.1, 0.15) is 0 Å². The molecular weight excluding hydrogens is 112 g/mol. The van der Waals surface area contributed by atoms with Crippen LogP contribution in [0.2, 0.25) is 0 Å². The Kier molecular flexibility index (Phi) is 2.31. The molecule has 0 aliphatic rings. The van der Waals surface area contributed by atoms with Gasteiger partial charge in [-0.05, 0) is 12.8 Å². The lowest BCUT2D eigenvalue weighted by atomic mass is 10.2. The highest BCUT2D eigenvalue weighted by molar-refractivity contribution is 4.93. The van der Waals surface area contributed by atoms with Crippen LogP contribution in [0, 0.1) is 0 Å². The zero-order valence-electron chi connectivity index (χ0n) is 5.72. The van der Waals surface area contributed by atoms with Crippen molar-refractivity contribution in [2.75, 3.05) is 0 Å². The topological polar surface area (TPSA) is 28.7 Å². The number of nitrogens with one attached hydrogen (secondary N) is 1.